The quantitative estimate of drug-likeness (QED) is 0.610. The Morgan fingerprint density at radius 2 is 1.90 bits per heavy atom. The van der Waals surface area contributed by atoms with Gasteiger partial charge in [0.1, 0.15) is 5.75 Å². The Bertz CT molecular complexity index is 514. The Morgan fingerprint density at radius 1 is 1.24 bits per heavy atom. The number of nitrogens with one attached hydrogen (secondary N) is 1. The van der Waals surface area contributed by atoms with E-state index in [1.165, 1.54) is 5.56 Å². The van der Waals surface area contributed by atoms with Gasteiger partial charge >= 0.3 is 5.97 Å². The second-order valence-electron chi connectivity index (χ2n) is 4.65. The SMILES string of the molecule is C#CCNC(=O)COC(=O)COc1ccc(C(C)C)cc1. The fourth-order valence-electron chi connectivity index (χ4n) is 1.48. The smallest absolute Gasteiger partial charge is 0.344 e. The van der Waals surface area contributed by atoms with Crippen molar-refractivity contribution in [3.63, 3.8) is 0 Å². The zero-order valence-corrected chi connectivity index (χ0v) is 12.2. The molecule has 0 aliphatic heterocycles. The number of benzene rings is 1. The molecule has 0 aromatic heterocycles. The number of amides is 1. The third-order valence-electron chi connectivity index (χ3n) is 2.66. The van der Waals surface area contributed by atoms with Gasteiger partial charge in [0.2, 0.25) is 0 Å². The molecule has 1 aromatic carbocycles. The van der Waals surface area contributed by atoms with Crippen LogP contribution in [0.2, 0.25) is 0 Å². The number of carbonyl (C=O) groups is 2. The molecular weight excluding hydrogens is 270 g/mol. The van der Waals surface area contributed by atoms with E-state index >= 15 is 0 Å². The Labute approximate surface area is 124 Å². The van der Waals surface area contributed by atoms with Gasteiger partial charge in [-0.1, -0.05) is 31.9 Å². The molecule has 1 amide bonds. The van der Waals surface area contributed by atoms with Crippen LogP contribution in [0.25, 0.3) is 0 Å². The van der Waals surface area contributed by atoms with E-state index in [4.69, 9.17) is 15.9 Å². The van der Waals surface area contributed by atoms with Gasteiger partial charge in [0.15, 0.2) is 13.2 Å². The van der Waals surface area contributed by atoms with E-state index in [1.54, 1.807) is 12.1 Å². The van der Waals surface area contributed by atoms with Gasteiger partial charge in [0, 0.05) is 0 Å². The predicted molar refractivity (Wildman–Crippen MR) is 78.8 cm³/mol. The largest absolute Gasteiger partial charge is 0.482 e. The van der Waals surface area contributed by atoms with Gasteiger partial charge in [-0.05, 0) is 23.6 Å². The van der Waals surface area contributed by atoms with E-state index in [2.05, 4.69) is 25.1 Å². The van der Waals surface area contributed by atoms with Crippen molar-refractivity contribution in [1.82, 2.24) is 5.32 Å². The Kier molecular flexibility index (Phi) is 6.82. The maximum absolute atomic E-state index is 11.4. The third-order valence-corrected chi connectivity index (χ3v) is 2.66. The molecule has 0 spiro atoms. The van der Waals surface area contributed by atoms with Gasteiger partial charge in [-0.25, -0.2) is 4.79 Å². The summed E-state index contributed by atoms with van der Waals surface area (Å²) in [5.41, 5.74) is 1.19. The molecule has 1 rings (SSSR count). The summed E-state index contributed by atoms with van der Waals surface area (Å²) in [6, 6.07) is 7.47. The zero-order chi connectivity index (χ0) is 15.7. The van der Waals surface area contributed by atoms with E-state index in [0.717, 1.165) is 0 Å². The van der Waals surface area contributed by atoms with E-state index in [0.29, 0.717) is 11.7 Å². The Balaban J connectivity index is 2.30. The van der Waals surface area contributed by atoms with Gasteiger partial charge in [0.25, 0.3) is 5.91 Å². The van der Waals surface area contributed by atoms with Crippen LogP contribution in [0.15, 0.2) is 24.3 Å². The first-order valence-corrected chi connectivity index (χ1v) is 6.61. The van der Waals surface area contributed by atoms with Gasteiger partial charge in [-0.15, -0.1) is 6.42 Å². The molecule has 1 N–H and O–H groups in total. The van der Waals surface area contributed by atoms with E-state index < -0.39 is 11.9 Å². The first-order chi connectivity index (χ1) is 10.0. The summed E-state index contributed by atoms with van der Waals surface area (Å²) in [5.74, 6) is 2.21. The molecular formula is C16H19NO4. The Hall–Kier alpha value is -2.48. The maximum Gasteiger partial charge on any atom is 0.344 e. The van der Waals surface area contributed by atoms with Crippen molar-refractivity contribution in [2.24, 2.45) is 0 Å². The lowest BCUT2D eigenvalue weighted by molar-refractivity contribution is -0.150. The second-order valence-corrected chi connectivity index (χ2v) is 4.65. The number of terminal acetylenes is 1. The topological polar surface area (TPSA) is 64.6 Å². The second kappa shape index (κ2) is 8.64. The molecule has 0 bridgehead atoms. The van der Waals surface area contributed by atoms with Crippen molar-refractivity contribution in [1.29, 1.82) is 0 Å². The lowest BCUT2D eigenvalue weighted by atomic mass is 10.0. The van der Waals surface area contributed by atoms with Crippen molar-refractivity contribution < 1.29 is 19.1 Å². The number of rotatable bonds is 7. The first kappa shape index (κ1) is 16.6. The summed E-state index contributed by atoms with van der Waals surface area (Å²) in [6.07, 6.45) is 4.98. The van der Waals surface area contributed by atoms with Crippen LogP contribution in [-0.4, -0.2) is 31.6 Å². The molecule has 0 saturated heterocycles. The molecule has 5 heteroatoms. The average molecular weight is 289 g/mol. The number of hydrogen-bond acceptors (Lipinski definition) is 4. The normalized spacial score (nSPS) is 9.81. The summed E-state index contributed by atoms with van der Waals surface area (Å²) < 4.78 is 10.0. The lowest BCUT2D eigenvalue weighted by Gasteiger charge is -2.09. The maximum atomic E-state index is 11.4. The summed E-state index contributed by atoms with van der Waals surface area (Å²) in [5, 5.41) is 2.39. The number of carbonyl (C=O) groups excluding carboxylic acids is 2. The van der Waals surface area contributed by atoms with Gasteiger partial charge in [-0.3, -0.25) is 4.79 Å². The van der Waals surface area contributed by atoms with Gasteiger partial charge in [-0.2, -0.15) is 0 Å². The molecule has 0 unspecified atom stereocenters. The summed E-state index contributed by atoms with van der Waals surface area (Å²) >= 11 is 0. The van der Waals surface area contributed by atoms with Gasteiger partial charge in [0.05, 0.1) is 6.54 Å². The molecule has 0 fully saturated rings. The van der Waals surface area contributed by atoms with E-state index in [9.17, 15) is 9.59 Å². The predicted octanol–water partition coefficient (Wildman–Crippen LogP) is 1.48. The van der Waals surface area contributed by atoms with E-state index in [1.807, 2.05) is 12.1 Å². The molecule has 0 atom stereocenters. The minimum atomic E-state index is -0.612. The standard InChI is InChI=1S/C16H19NO4/c1-4-9-17-15(18)10-21-16(19)11-20-14-7-5-13(6-8-14)12(2)3/h1,5-8,12H,9-11H2,2-3H3,(H,17,18). The zero-order valence-electron chi connectivity index (χ0n) is 12.2. The van der Waals surface area contributed by atoms with Crippen LogP contribution in [0.1, 0.15) is 25.3 Å². The molecule has 0 radical (unpaired) electrons. The fraction of sp³-hybridized carbons (Fsp3) is 0.375. The molecule has 0 saturated carbocycles. The van der Waals surface area contributed by atoms with Crippen molar-refractivity contribution in [2.75, 3.05) is 19.8 Å². The summed E-state index contributed by atoms with van der Waals surface area (Å²) in [4.78, 5) is 22.6. The highest BCUT2D eigenvalue weighted by molar-refractivity contribution is 5.81. The number of ether oxygens (including phenoxy) is 2. The highest BCUT2D eigenvalue weighted by Gasteiger charge is 2.08. The van der Waals surface area contributed by atoms with Crippen molar-refractivity contribution in [3.8, 4) is 18.1 Å². The fourth-order valence-corrected chi connectivity index (χ4v) is 1.48. The van der Waals surface area contributed by atoms with E-state index in [-0.39, 0.29) is 19.8 Å². The summed E-state index contributed by atoms with van der Waals surface area (Å²) in [7, 11) is 0. The Morgan fingerprint density at radius 3 is 2.48 bits per heavy atom. The van der Waals surface area contributed by atoms with Crippen LogP contribution in [0.3, 0.4) is 0 Å². The molecule has 0 aliphatic carbocycles. The van der Waals surface area contributed by atoms with Crippen LogP contribution in [0.4, 0.5) is 0 Å². The average Bonchev–Trinajstić information content (AvgIpc) is 2.49. The van der Waals surface area contributed by atoms with Crippen molar-refractivity contribution >= 4 is 11.9 Å². The van der Waals surface area contributed by atoms with Crippen molar-refractivity contribution in [2.45, 2.75) is 19.8 Å². The van der Waals surface area contributed by atoms with Crippen LogP contribution >= 0.6 is 0 Å². The molecule has 1 aromatic rings. The number of esters is 1. The molecule has 0 heterocycles. The van der Waals surface area contributed by atoms with Crippen LogP contribution in [0, 0.1) is 12.3 Å². The highest BCUT2D eigenvalue weighted by atomic mass is 16.6. The number of hydrogen-bond donors (Lipinski definition) is 1. The van der Waals surface area contributed by atoms with Crippen LogP contribution < -0.4 is 10.1 Å². The minimum Gasteiger partial charge on any atom is -0.482 e. The molecule has 112 valence electrons. The third kappa shape index (κ3) is 6.48. The molecule has 5 nitrogen and oxygen atoms in total. The minimum absolute atomic E-state index is 0.106. The van der Waals surface area contributed by atoms with Crippen LogP contribution in [-0.2, 0) is 14.3 Å². The first-order valence-electron chi connectivity index (χ1n) is 6.61. The van der Waals surface area contributed by atoms with Crippen LogP contribution in [0.5, 0.6) is 5.75 Å². The summed E-state index contributed by atoms with van der Waals surface area (Å²) in [6.45, 7) is 3.69. The molecule has 21 heavy (non-hydrogen) atoms. The monoisotopic (exact) mass is 289 g/mol. The molecule has 0 aliphatic rings. The van der Waals surface area contributed by atoms with Gasteiger partial charge < -0.3 is 14.8 Å². The van der Waals surface area contributed by atoms with Crippen molar-refractivity contribution in [3.05, 3.63) is 29.8 Å². The highest BCUT2D eigenvalue weighted by Crippen LogP contribution is 2.18. The lowest BCUT2D eigenvalue weighted by Crippen LogP contribution is -2.30.